The molecule has 6 rings (SSSR count). The van der Waals surface area contributed by atoms with Crippen LogP contribution in [0.1, 0.15) is 31.7 Å². The van der Waals surface area contributed by atoms with Crippen LogP contribution >= 0.6 is 0 Å². The highest BCUT2D eigenvalue weighted by Gasteiger charge is 2.41. The third-order valence-corrected chi connectivity index (χ3v) is 6.99. The summed E-state index contributed by atoms with van der Waals surface area (Å²) in [6.07, 6.45) is 6.23. The molecule has 1 aliphatic heterocycles. The smallest absolute Gasteiger partial charge is 0.164 e. The van der Waals surface area contributed by atoms with Gasteiger partial charge in [-0.2, -0.15) is 5.10 Å². The van der Waals surface area contributed by atoms with Gasteiger partial charge >= 0.3 is 0 Å². The van der Waals surface area contributed by atoms with Gasteiger partial charge in [0.1, 0.15) is 29.3 Å². The van der Waals surface area contributed by atoms with Crippen molar-refractivity contribution in [3.8, 4) is 22.8 Å². The van der Waals surface area contributed by atoms with Gasteiger partial charge in [0, 0.05) is 18.7 Å². The van der Waals surface area contributed by atoms with Crippen LogP contribution in [-0.2, 0) is 0 Å². The van der Waals surface area contributed by atoms with Crippen LogP contribution in [0.4, 0.5) is 5.82 Å². The highest BCUT2D eigenvalue weighted by Crippen LogP contribution is 2.44. The summed E-state index contributed by atoms with van der Waals surface area (Å²) in [5.74, 6) is 2.06. The van der Waals surface area contributed by atoms with E-state index in [1.54, 1.807) is 0 Å². The molecule has 0 bridgehead atoms. The summed E-state index contributed by atoms with van der Waals surface area (Å²) < 4.78 is 8.03. The number of nitrogens with one attached hydrogen (secondary N) is 1. The first-order chi connectivity index (χ1) is 15.7. The number of anilines is 1. The molecule has 2 aliphatic rings. The van der Waals surface area contributed by atoms with Crippen LogP contribution in [0, 0.1) is 5.41 Å². The quantitative estimate of drug-likeness (QED) is 0.497. The Bertz CT molecular complexity index is 1240. The van der Waals surface area contributed by atoms with E-state index in [-0.39, 0.29) is 0 Å². The van der Waals surface area contributed by atoms with E-state index in [1.807, 2.05) is 54.6 Å². The Morgan fingerprint density at radius 3 is 2.34 bits per heavy atom. The summed E-state index contributed by atoms with van der Waals surface area (Å²) in [5.41, 5.74) is 9.44. The van der Waals surface area contributed by atoms with Crippen LogP contribution in [0.2, 0.25) is 0 Å². The summed E-state index contributed by atoms with van der Waals surface area (Å²) in [5, 5.41) is 9.29. The van der Waals surface area contributed by atoms with Gasteiger partial charge in [0.15, 0.2) is 5.65 Å². The zero-order chi connectivity index (χ0) is 21.5. The lowest BCUT2D eigenvalue weighted by Crippen LogP contribution is -2.54. The predicted molar refractivity (Wildman–Crippen MR) is 124 cm³/mol. The lowest BCUT2D eigenvalue weighted by Gasteiger charge is -2.47. The molecule has 3 heterocycles. The van der Waals surface area contributed by atoms with Crippen LogP contribution in [0.3, 0.4) is 0 Å². The Hall–Kier alpha value is -3.45. The lowest BCUT2D eigenvalue weighted by atomic mass is 9.68. The summed E-state index contributed by atoms with van der Waals surface area (Å²) in [6.45, 7) is 2.30. The minimum Gasteiger partial charge on any atom is -0.457 e. The first kappa shape index (κ1) is 19.3. The minimum atomic E-state index is 0.340. The second kappa shape index (κ2) is 7.60. The van der Waals surface area contributed by atoms with Crippen molar-refractivity contribution in [3.63, 3.8) is 0 Å². The molecule has 1 saturated carbocycles. The molecule has 7 nitrogen and oxygen atoms in total. The topological polar surface area (TPSA) is 90.9 Å². The summed E-state index contributed by atoms with van der Waals surface area (Å²) in [6, 6.07) is 18.1. The molecule has 32 heavy (non-hydrogen) atoms. The van der Waals surface area contributed by atoms with Gasteiger partial charge in [-0.3, -0.25) is 0 Å². The zero-order valence-corrected chi connectivity index (χ0v) is 17.9. The van der Waals surface area contributed by atoms with Crippen LogP contribution < -0.4 is 15.8 Å². The molecule has 0 amide bonds. The maximum absolute atomic E-state index is 6.31. The first-order valence-electron chi connectivity index (χ1n) is 11.2. The molecule has 2 aromatic carbocycles. The predicted octanol–water partition coefficient (Wildman–Crippen LogP) is 4.57. The number of hydrogen-bond donors (Lipinski definition) is 2. The molecule has 1 saturated heterocycles. The van der Waals surface area contributed by atoms with Gasteiger partial charge in [0.25, 0.3) is 0 Å². The van der Waals surface area contributed by atoms with Crippen LogP contribution in [0.25, 0.3) is 22.3 Å². The van der Waals surface area contributed by atoms with Gasteiger partial charge < -0.3 is 15.8 Å². The Labute approximate surface area is 186 Å². The van der Waals surface area contributed by atoms with Crippen molar-refractivity contribution in [2.24, 2.45) is 5.41 Å². The van der Waals surface area contributed by atoms with Crippen LogP contribution in [0.15, 0.2) is 60.9 Å². The average Bonchev–Trinajstić information content (AvgIpc) is 3.20. The largest absolute Gasteiger partial charge is 0.457 e. The fraction of sp³-hybridized carbons (Fsp3) is 0.320. The van der Waals surface area contributed by atoms with Crippen molar-refractivity contribution in [3.05, 3.63) is 60.9 Å². The normalized spacial score (nSPS) is 18.0. The van der Waals surface area contributed by atoms with E-state index in [2.05, 4.69) is 20.0 Å². The van der Waals surface area contributed by atoms with Crippen LogP contribution in [0.5, 0.6) is 11.5 Å². The summed E-state index contributed by atoms with van der Waals surface area (Å²) in [4.78, 5) is 8.83. The molecule has 162 valence electrons. The standard InChI is InChI=1S/C25H26N6O/c26-23-21-22(17-6-8-20(9-7-17)32-19-4-2-1-3-5-19)30-31(24(21)29-16-28-23)18-10-12-25(13-11-18)14-27-15-25/h1-9,16,18,27H,10-15H2,(H2,26,28,29). The Morgan fingerprint density at radius 2 is 1.66 bits per heavy atom. The molecular weight excluding hydrogens is 400 g/mol. The second-order valence-electron chi connectivity index (χ2n) is 9.02. The molecule has 4 aromatic rings. The highest BCUT2D eigenvalue weighted by molar-refractivity contribution is 5.98. The maximum Gasteiger partial charge on any atom is 0.164 e. The van der Waals surface area contributed by atoms with Crippen molar-refractivity contribution < 1.29 is 4.74 Å². The molecule has 1 aliphatic carbocycles. The third kappa shape index (κ3) is 3.29. The van der Waals surface area contributed by atoms with Gasteiger partial charge in [0.05, 0.1) is 11.4 Å². The third-order valence-electron chi connectivity index (χ3n) is 6.99. The Morgan fingerprint density at radius 1 is 0.938 bits per heavy atom. The molecule has 0 radical (unpaired) electrons. The summed E-state index contributed by atoms with van der Waals surface area (Å²) in [7, 11) is 0. The van der Waals surface area contributed by atoms with Crippen molar-refractivity contribution in [2.45, 2.75) is 31.7 Å². The minimum absolute atomic E-state index is 0.340. The summed E-state index contributed by atoms with van der Waals surface area (Å²) >= 11 is 0. The number of nitrogens with zero attached hydrogens (tertiary/aromatic N) is 4. The highest BCUT2D eigenvalue weighted by atomic mass is 16.5. The van der Waals surface area contributed by atoms with Crippen LogP contribution in [-0.4, -0.2) is 32.8 Å². The zero-order valence-electron chi connectivity index (χ0n) is 17.9. The SMILES string of the molecule is Nc1ncnc2c1c(-c1ccc(Oc3ccccc3)cc1)nn2C1CCC2(CC1)CNC2. The fourth-order valence-corrected chi connectivity index (χ4v) is 5.05. The number of nitrogens with two attached hydrogens (primary N) is 1. The number of rotatable bonds is 4. The molecule has 0 unspecified atom stereocenters. The number of hydrogen-bond acceptors (Lipinski definition) is 6. The van der Waals surface area contributed by atoms with E-state index in [1.165, 1.54) is 19.2 Å². The van der Waals surface area contributed by atoms with E-state index in [0.29, 0.717) is 17.3 Å². The number of nitrogen functional groups attached to an aromatic ring is 1. The lowest BCUT2D eigenvalue weighted by molar-refractivity contribution is 0.0823. The number of fused-ring (bicyclic) bond motifs is 1. The van der Waals surface area contributed by atoms with Gasteiger partial charge in [-0.1, -0.05) is 18.2 Å². The van der Waals surface area contributed by atoms with E-state index < -0.39 is 0 Å². The molecule has 1 spiro atoms. The second-order valence-corrected chi connectivity index (χ2v) is 9.02. The molecule has 7 heteroatoms. The molecule has 2 fully saturated rings. The van der Waals surface area contributed by atoms with E-state index in [0.717, 1.165) is 59.7 Å². The number of ether oxygens (including phenoxy) is 1. The van der Waals surface area contributed by atoms with Gasteiger partial charge in [-0.15, -0.1) is 0 Å². The molecule has 2 aromatic heterocycles. The van der Waals surface area contributed by atoms with Gasteiger partial charge in [0.2, 0.25) is 0 Å². The van der Waals surface area contributed by atoms with Crippen molar-refractivity contribution in [1.29, 1.82) is 0 Å². The Kier molecular flexibility index (Phi) is 4.57. The molecular formula is C25H26N6O. The van der Waals surface area contributed by atoms with Crippen molar-refractivity contribution >= 4 is 16.9 Å². The van der Waals surface area contributed by atoms with Gasteiger partial charge in [-0.05, 0) is 67.5 Å². The number of benzene rings is 2. The van der Waals surface area contributed by atoms with Crippen molar-refractivity contribution in [1.82, 2.24) is 25.1 Å². The average molecular weight is 427 g/mol. The van der Waals surface area contributed by atoms with Crippen molar-refractivity contribution in [2.75, 3.05) is 18.8 Å². The number of para-hydroxylation sites is 1. The maximum atomic E-state index is 6.31. The first-order valence-corrected chi connectivity index (χ1v) is 11.2. The fourth-order valence-electron chi connectivity index (χ4n) is 5.05. The van der Waals surface area contributed by atoms with E-state index in [9.17, 15) is 0 Å². The monoisotopic (exact) mass is 426 g/mol. The number of aromatic nitrogens is 4. The molecule has 3 N–H and O–H groups in total. The van der Waals surface area contributed by atoms with Gasteiger partial charge in [-0.25, -0.2) is 14.6 Å². The van der Waals surface area contributed by atoms with E-state index >= 15 is 0 Å². The van der Waals surface area contributed by atoms with E-state index in [4.69, 9.17) is 15.6 Å². The Balaban J connectivity index is 1.33. The molecule has 0 atom stereocenters.